The molecule has 4 nitrogen and oxygen atoms in total. The van der Waals surface area contributed by atoms with Gasteiger partial charge in [0.2, 0.25) is 5.91 Å². The van der Waals surface area contributed by atoms with E-state index in [4.69, 9.17) is 10.8 Å². The smallest absolute Gasteiger partial charge is 0.239 e. The van der Waals surface area contributed by atoms with Gasteiger partial charge in [-0.05, 0) is 24.0 Å². The summed E-state index contributed by atoms with van der Waals surface area (Å²) >= 11 is 0. The zero-order chi connectivity index (χ0) is 11.5. The molecule has 1 aliphatic carbocycles. The molecular weight excluding hydrogens is 240 g/mol. The Morgan fingerprint density at radius 3 is 2.94 bits per heavy atom. The van der Waals surface area contributed by atoms with Gasteiger partial charge in [0.1, 0.15) is 6.04 Å². The van der Waals surface area contributed by atoms with Crippen LogP contribution in [0.4, 0.5) is 0 Å². The lowest BCUT2D eigenvalue weighted by molar-refractivity contribution is -0.123. The Labute approximate surface area is 107 Å². The predicted octanol–water partition coefficient (Wildman–Crippen LogP) is 0.531. The number of hydrogen-bond donors (Lipinski definition) is 3. The molecule has 1 amide bonds. The van der Waals surface area contributed by atoms with E-state index in [0.717, 1.165) is 12.8 Å². The van der Waals surface area contributed by atoms with E-state index in [-0.39, 0.29) is 31.0 Å². The number of benzene rings is 1. The van der Waals surface area contributed by atoms with E-state index in [1.165, 1.54) is 11.1 Å². The first kappa shape index (κ1) is 14.0. The van der Waals surface area contributed by atoms with Gasteiger partial charge < -0.3 is 16.2 Å². The van der Waals surface area contributed by atoms with E-state index in [1.807, 2.05) is 18.2 Å². The van der Waals surface area contributed by atoms with Crippen LogP contribution in [0, 0.1) is 0 Å². The summed E-state index contributed by atoms with van der Waals surface area (Å²) in [6.07, 6.45) is 1.89. The molecule has 1 aromatic carbocycles. The summed E-state index contributed by atoms with van der Waals surface area (Å²) in [4.78, 5) is 11.5. The lowest BCUT2D eigenvalue weighted by Gasteiger charge is -2.16. The van der Waals surface area contributed by atoms with Gasteiger partial charge in [0.25, 0.3) is 0 Å². The second-order valence-electron chi connectivity index (χ2n) is 4.09. The van der Waals surface area contributed by atoms with Crippen LogP contribution in [0.5, 0.6) is 0 Å². The molecule has 0 bridgehead atoms. The SMILES string of the molecule is Cl.NC(CO)C(=O)NC1CCc2ccccc21. The average molecular weight is 257 g/mol. The zero-order valence-corrected chi connectivity index (χ0v) is 10.2. The fourth-order valence-corrected chi connectivity index (χ4v) is 2.07. The summed E-state index contributed by atoms with van der Waals surface area (Å²) in [7, 11) is 0. The molecule has 17 heavy (non-hydrogen) atoms. The number of halogens is 1. The molecule has 0 aromatic heterocycles. The largest absolute Gasteiger partial charge is 0.394 e. The van der Waals surface area contributed by atoms with E-state index in [0.29, 0.717) is 0 Å². The van der Waals surface area contributed by atoms with Crippen LogP contribution in [0.3, 0.4) is 0 Å². The quantitative estimate of drug-likeness (QED) is 0.739. The topological polar surface area (TPSA) is 75.3 Å². The van der Waals surface area contributed by atoms with E-state index < -0.39 is 6.04 Å². The first-order chi connectivity index (χ1) is 7.72. The van der Waals surface area contributed by atoms with Gasteiger partial charge in [-0.25, -0.2) is 0 Å². The van der Waals surface area contributed by atoms with Crippen molar-refractivity contribution in [2.45, 2.75) is 24.9 Å². The summed E-state index contributed by atoms with van der Waals surface area (Å²) in [6.45, 7) is -0.319. The fraction of sp³-hybridized carbons (Fsp3) is 0.417. The number of aliphatic hydroxyl groups is 1. The summed E-state index contributed by atoms with van der Waals surface area (Å²) < 4.78 is 0. The van der Waals surface area contributed by atoms with Crippen molar-refractivity contribution in [2.75, 3.05) is 6.61 Å². The monoisotopic (exact) mass is 256 g/mol. The van der Waals surface area contributed by atoms with Crippen LogP contribution in [-0.4, -0.2) is 23.7 Å². The fourth-order valence-electron chi connectivity index (χ4n) is 2.07. The van der Waals surface area contributed by atoms with Crippen LogP contribution in [-0.2, 0) is 11.2 Å². The number of nitrogens with two attached hydrogens (primary N) is 1. The van der Waals surface area contributed by atoms with Gasteiger partial charge in [0.05, 0.1) is 12.6 Å². The molecule has 0 spiro atoms. The maximum Gasteiger partial charge on any atom is 0.239 e. The number of carbonyl (C=O) groups is 1. The molecule has 0 saturated heterocycles. The number of aryl methyl sites for hydroxylation is 1. The normalized spacial score (nSPS) is 19.1. The standard InChI is InChI=1S/C12H16N2O2.ClH/c13-10(7-15)12(16)14-11-6-5-8-3-1-2-4-9(8)11;/h1-4,10-11,15H,5-7,13H2,(H,14,16);1H. The van der Waals surface area contributed by atoms with Crippen molar-refractivity contribution in [1.29, 1.82) is 0 Å². The number of amides is 1. The van der Waals surface area contributed by atoms with E-state index in [2.05, 4.69) is 11.4 Å². The molecular formula is C12H17ClN2O2. The van der Waals surface area contributed by atoms with Crippen molar-refractivity contribution >= 4 is 18.3 Å². The highest BCUT2D eigenvalue weighted by atomic mass is 35.5. The van der Waals surface area contributed by atoms with E-state index in [9.17, 15) is 4.79 Å². The highest BCUT2D eigenvalue weighted by Gasteiger charge is 2.24. The molecule has 0 saturated carbocycles. The first-order valence-electron chi connectivity index (χ1n) is 5.47. The second-order valence-corrected chi connectivity index (χ2v) is 4.09. The molecule has 1 aromatic rings. The summed E-state index contributed by atoms with van der Waals surface area (Å²) in [5.74, 6) is -0.288. The number of aliphatic hydroxyl groups excluding tert-OH is 1. The molecule has 0 radical (unpaired) electrons. The lowest BCUT2D eigenvalue weighted by atomic mass is 10.1. The molecule has 2 atom stereocenters. The maximum absolute atomic E-state index is 11.5. The Hall–Kier alpha value is -1.10. The number of nitrogens with one attached hydrogen (secondary N) is 1. The average Bonchev–Trinajstić information content (AvgIpc) is 2.72. The Bertz CT molecular complexity index is 398. The minimum absolute atomic E-state index is 0. The molecule has 2 rings (SSSR count). The van der Waals surface area contributed by atoms with Crippen LogP contribution in [0.25, 0.3) is 0 Å². The van der Waals surface area contributed by atoms with Gasteiger partial charge in [0, 0.05) is 0 Å². The van der Waals surface area contributed by atoms with Gasteiger partial charge >= 0.3 is 0 Å². The van der Waals surface area contributed by atoms with Crippen LogP contribution >= 0.6 is 12.4 Å². The summed E-state index contributed by atoms with van der Waals surface area (Å²) in [5.41, 5.74) is 7.90. The van der Waals surface area contributed by atoms with Crippen molar-refractivity contribution in [3.63, 3.8) is 0 Å². The predicted molar refractivity (Wildman–Crippen MR) is 68.0 cm³/mol. The second kappa shape index (κ2) is 6.00. The Morgan fingerprint density at radius 1 is 1.53 bits per heavy atom. The third-order valence-corrected chi connectivity index (χ3v) is 2.98. The number of carbonyl (C=O) groups excluding carboxylic acids is 1. The van der Waals surface area contributed by atoms with Crippen molar-refractivity contribution in [3.05, 3.63) is 35.4 Å². The van der Waals surface area contributed by atoms with Gasteiger partial charge in [-0.3, -0.25) is 4.79 Å². The zero-order valence-electron chi connectivity index (χ0n) is 9.43. The van der Waals surface area contributed by atoms with Crippen LogP contribution < -0.4 is 11.1 Å². The van der Waals surface area contributed by atoms with Crippen molar-refractivity contribution in [3.8, 4) is 0 Å². The molecule has 0 fully saturated rings. The molecule has 0 heterocycles. The number of hydrogen-bond acceptors (Lipinski definition) is 3. The van der Waals surface area contributed by atoms with Gasteiger partial charge in [0.15, 0.2) is 0 Å². The van der Waals surface area contributed by atoms with Gasteiger partial charge in [-0.1, -0.05) is 24.3 Å². The maximum atomic E-state index is 11.5. The molecule has 4 N–H and O–H groups in total. The van der Waals surface area contributed by atoms with Crippen molar-refractivity contribution < 1.29 is 9.90 Å². The first-order valence-corrected chi connectivity index (χ1v) is 5.47. The Kier molecular flexibility index (Phi) is 4.93. The minimum Gasteiger partial charge on any atom is -0.394 e. The number of fused-ring (bicyclic) bond motifs is 1. The number of rotatable bonds is 3. The molecule has 94 valence electrons. The molecule has 0 aliphatic heterocycles. The summed E-state index contributed by atoms with van der Waals surface area (Å²) in [6, 6.07) is 7.29. The van der Waals surface area contributed by atoms with Gasteiger partial charge in [-0.15, -0.1) is 12.4 Å². The minimum atomic E-state index is -0.826. The van der Waals surface area contributed by atoms with E-state index in [1.54, 1.807) is 0 Å². The lowest BCUT2D eigenvalue weighted by Crippen LogP contribution is -2.44. The highest BCUT2D eigenvalue weighted by Crippen LogP contribution is 2.30. The van der Waals surface area contributed by atoms with Gasteiger partial charge in [-0.2, -0.15) is 0 Å². The third kappa shape index (κ3) is 2.97. The highest BCUT2D eigenvalue weighted by molar-refractivity contribution is 5.85. The summed E-state index contributed by atoms with van der Waals surface area (Å²) in [5, 5.41) is 11.7. The van der Waals surface area contributed by atoms with Crippen molar-refractivity contribution in [2.24, 2.45) is 5.73 Å². The Morgan fingerprint density at radius 2 is 2.24 bits per heavy atom. The van der Waals surface area contributed by atoms with Crippen LogP contribution in [0.2, 0.25) is 0 Å². The molecule has 2 unspecified atom stereocenters. The van der Waals surface area contributed by atoms with Crippen LogP contribution in [0.15, 0.2) is 24.3 Å². The van der Waals surface area contributed by atoms with Crippen molar-refractivity contribution in [1.82, 2.24) is 5.32 Å². The van der Waals surface area contributed by atoms with Crippen LogP contribution in [0.1, 0.15) is 23.6 Å². The Balaban J connectivity index is 0.00000144. The third-order valence-electron chi connectivity index (χ3n) is 2.98. The molecule has 5 heteroatoms. The van der Waals surface area contributed by atoms with E-state index >= 15 is 0 Å². The molecule has 1 aliphatic rings.